The number of nitrogens with one attached hydrogen (secondary N) is 1. The highest BCUT2D eigenvalue weighted by Gasteiger charge is 2.22. The number of aliphatic hydroxyl groups excluding tert-OH is 1. The third-order valence-corrected chi connectivity index (χ3v) is 2.80. The lowest BCUT2D eigenvalue weighted by molar-refractivity contribution is -0.121. The Balaban J connectivity index is 2.46. The zero-order valence-electron chi connectivity index (χ0n) is 11.0. The summed E-state index contributed by atoms with van der Waals surface area (Å²) in [6.45, 7) is 5.85. The maximum Gasteiger partial charge on any atom is 0.224 e. The lowest BCUT2D eigenvalue weighted by atomic mass is 9.89. The van der Waals surface area contributed by atoms with Gasteiger partial charge in [0.05, 0.1) is 12.5 Å². The van der Waals surface area contributed by atoms with Crippen molar-refractivity contribution in [2.75, 3.05) is 6.54 Å². The predicted octanol–water partition coefficient (Wildman–Crippen LogP) is 1.89. The molecule has 3 nitrogen and oxygen atoms in total. The molecule has 100 valence electrons. The Kier molecular flexibility index (Phi) is 4.84. The molecule has 1 aromatic rings. The molecule has 1 atom stereocenters. The van der Waals surface area contributed by atoms with E-state index in [0.29, 0.717) is 5.56 Å². The average Bonchev–Trinajstić information content (AvgIpc) is 2.27. The Labute approximate surface area is 107 Å². The van der Waals surface area contributed by atoms with E-state index in [4.69, 9.17) is 0 Å². The maximum atomic E-state index is 13.3. The fourth-order valence-electron chi connectivity index (χ4n) is 1.39. The molecule has 4 heteroatoms. The third-order valence-electron chi connectivity index (χ3n) is 2.80. The van der Waals surface area contributed by atoms with Gasteiger partial charge in [0, 0.05) is 6.54 Å². The zero-order valence-corrected chi connectivity index (χ0v) is 11.0. The minimum atomic E-state index is -0.623. The fourth-order valence-corrected chi connectivity index (χ4v) is 1.39. The molecule has 0 aromatic heterocycles. The van der Waals surface area contributed by atoms with E-state index < -0.39 is 6.10 Å². The number of rotatable bonds is 4. The summed E-state index contributed by atoms with van der Waals surface area (Å²) in [4.78, 5) is 11.6. The van der Waals surface area contributed by atoms with Crippen molar-refractivity contribution >= 4 is 5.91 Å². The molecular formula is C14H20FNO2. The first-order valence-corrected chi connectivity index (χ1v) is 5.99. The molecule has 0 fully saturated rings. The molecule has 0 aliphatic rings. The highest BCUT2D eigenvalue weighted by Crippen LogP contribution is 2.18. The van der Waals surface area contributed by atoms with E-state index in [1.807, 2.05) is 20.8 Å². The second-order valence-electron chi connectivity index (χ2n) is 5.45. The monoisotopic (exact) mass is 253 g/mol. The second kappa shape index (κ2) is 5.96. The Hall–Kier alpha value is -1.42. The van der Waals surface area contributed by atoms with Gasteiger partial charge in [-0.05, 0) is 17.0 Å². The zero-order chi connectivity index (χ0) is 13.8. The molecule has 0 bridgehead atoms. The van der Waals surface area contributed by atoms with E-state index in [0.717, 1.165) is 0 Å². The van der Waals surface area contributed by atoms with Gasteiger partial charge in [0.15, 0.2) is 0 Å². The van der Waals surface area contributed by atoms with Crippen molar-refractivity contribution in [3.05, 3.63) is 35.6 Å². The lowest BCUT2D eigenvalue weighted by Gasteiger charge is -2.25. The van der Waals surface area contributed by atoms with Crippen LogP contribution in [0.15, 0.2) is 24.3 Å². The maximum absolute atomic E-state index is 13.3. The molecule has 1 aromatic carbocycles. The van der Waals surface area contributed by atoms with E-state index >= 15 is 0 Å². The van der Waals surface area contributed by atoms with Crippen LogP contribution in [0.4, 0.5) is 4.39 Å². The normalized spacial score (nSPS) is 13.2. The number of benzene rings is 1. The molecule has 0 radical (unpaired) electrons. The third kappa shape index (κ3) is 4.45. The molecule has 18 heavy (non-hydrogen) atoms. The predicted molar refractivity (Wildman–Crippen MR) is 68.6 cm³/mol. The standard InChI is InChI=1S/C14H20FNO2/c1-14(2,3)12(17)9-16-13(18)8-10-6-4-5-7-11(10)15/h4-7,12,17H,8-9H2,1-3H3,(H,16,18). The smallest absolute Gasteiger partial charge is 0.224 e. The van der Waals surface area contributed by atoms with Gasteiger partial charge in [0.25, 0.3) is 0 Å². The first-order chi connectivity index (χ1) is 8.30. The van der Waals surface area contributed by atoms with E-state index in [1.165, 1.54) is 6.07 Å². The van der Waals surface area contributed by atoms with Gasteiger partial charge < -0.3 is 10.4 Å². The number of carbonyl (C=O) groups excluding carboxylic acids is 1. The van der Waals surface area contributed by atoms with Crippen LogP contribution in [-0.4, -0.2) is 23.7 Å². The number of hydrogen-bond acceptors (Lipinski definition) is 2. The molecule has 0 aliphatic carbocycles. The molecule has 1 rings (SSSR count). The van der Waals surface area contributed by atoms with Crippen LogP contribution in [0, 0.1) is 11.2 Å². The molecule has 1 unspecified atom stereocenters. The van der Waals surface area contributed by atoms with E-state index in [1.54, 1.807) is 18.2 Å². The van der Waals surface area contributed by atoms with Gasteiger partial charge in [0.2, 0.25) is 5.91 Å². The topological polar surface area (TPSA) is 49.3 Å². The van der Waals surface area contributed by atoms with Crippen molar-refractivity contribution in [2.24, 2.45) is 5.41 Å². The number of aliphatic hydroxyl groups is 1. The fraction of sp³-hybridized carbons (Fsp3) is 0.500. The summed E-state index contributed by atoms with van der Waals surface area (Å²) >= 11 is 0. The summed E-state index contributed by atoms with van der Waals surface area (Å²) in [7, 11) is 0. The number of carbonyl (C=O) groups is 1. The quantitative estimate of drug-likeness (QED) is 0.861. The van der Waals surface area contributed by atoms with Crippen LogP contribution in [-0.2, 0) is 11.2 Å². The SMILES string of the molecule is CC(C)(C)C(O)CNC(=O)Cc1ccccc1F. The van der Waals surface area contributed by atoms with Crippen molar-refractivity contribution < 1.29 is 14.3 Å². The molecule has 0 saturated carbocycles. The average molecular weight is 253 g/mol. The molecule has 0 aliphatic heterocycles. The van der Waals surface area contributed by atoms with Crippen molar-refractivity contribution in [1.82, 2.24) is 5.32 Å². The number of hydrogen-bond donors (Lipinski definition) is 2. The van der Waals surface area contributed by atoms with Gasteiger partial charge in [-0.25, -0.2) is 4.39 Å². The Morgan fingerprint density at radius 3 is 2.56 bits per heavy atom. The van der Waals surface area contributed by atoms with Crippen LogP contribution in [0.2, 0.25) is 0 Å². The van der Waals surface area contributed by atoms with E-state index in [9.17, 15) is 14.3 Å². The summed E-state index contributed by atoms with van der Waals surface area (Å²) in [6.07, 6.45) is -0.633. The molecule has 0 spiro atoms. The van der Waals surface area contributed by atoms with Crippen LogP contribution in [0.25, 0.3) is 0 Å². The highest BCUT2D eigenvalue weighted by molar-refractivity contribution is 5.78. The van der Waals surface area contributed by atoms with Gasteiger partial charge >= 0.3 is 0 Å². The van der Waals surface area contributed by atoms with Gasteiger partial charge in [-0.1, -0.05) is 39.0 Å². The van der Waals surface area contributed by atoms with Crippen molar-refractivity contribution in [3.63, 3.8) is 0 Å². The molecule has 1 amide bonds. The lowest BCUT2D eigenvalue weighted by Crippen LogP contribution is -2.39. The summed E-state index contributed by atoms with van der Waals surface area (Å²) in [5.41, 5.74) is 0.0749. The van der Waals surface area contributed by atoms with Crippen LogP contribution >= 0.6 is 0 Å². The van der Waals surface area contributed by atoms with Crippen molar-refractivity contribution in [3.8, 4) is 0 Å². The van der Waals surface area contributed by atoms with Crippen LogP contribution in [0.1, 0.15) is 26.3 Å². The summed E-state index contributed by atoms with van der Waals surface area (Å²) in [6, 6.07) is 6.18. The Morgan fingerprint density at radius 1 is 1.39 bits per heavy atom. The molecule has 0 heterocycles. The largest absolute Gasteiger partial charge is 0.391 e. The second-order valence-corrected chi connectivity index (χ2v) is 5.45. The summed E-state index contributed by atoms with van der Waals surface area (Å²) in [5, 5.41) is 12.4. The molecule has 0 saturated heterocycles. The first-order valence-electron chi connectivity index (χ1n) is 5.99. The van der Waals surface area contributed by atoms with Gasteiger partial charge in [-0.15, -0.1) is 0 Å². The Bertz CT molecular complexity index is 413. The Morgan fingerprint density at radius 2 is 2.00 bits per heavy atom. The van der Waals surface area contributed by atoms with E-state index in [-0.39, 0.29) is 30.1 Å². The molecular weight excluding hydrogens is 233 g/mol. The number of amides is 1. The van der Waals surface area contributed by atoms with Gasteiger partial charge in [0.1, 0.15) is 5.82 Å². The molecule has 2 N–H and O–H groups in total. The first kappa shape index (κ1) is 14.6. The van der Waals surface area contributed by atoms with Crippen LogP contribution in [0.3, 0.4) is 0 Å². The van der Waals surface area contributed by atoms with Crippen LogP contribution < -0.4 is 5.32 Å². The van der Waals surface area contributed by atoms with Gasteiger partial charge in [-0.2, -0.15) is 0 Å². The summed E-state index contributed by atoms with van der Waals surface area (Å²) in [5.74, 6) is -0.674. The van der Waals surface area contributed by atoms with Crippen LogP contribution in [0.5, 0.6) is 0 Å². The van der Waals surface area contributed by atoms with Crippen molar-refractivity contribution in [1.29, 1.82) is 0 Å². The summed E-state index contributed by atoms with van der Waals surface area (Å²) < 4.78 is 13.3. The van der Waals surface area contributed by atoms with Crippen molar-refractivity contribution in [2.45, 2.75) is 33.3 Å². The minimum Gasteiger partial charge on any atom is -0.391 e. The number of halogens is 1. The minimum absolute atomic E-state index is 0.0104. The van der Waals surface area contributed by atoms with E-state index in [2.05, 4.69) is 5.32 Å². The highest BCUT2D eigenvalue weighted by atomic mass is 19.1. The van der Waals surface area contributed by atoms with Gasteiger partial charge in [-0.3, -0.25) is 4.79 Å².